The highest BCUT2D eigenvalue weighted by molar-refractivity contribution is 6.18. The number of aromatic hydroxyl groups is 5. The number of carboxylic acids is 1. The fourth-order valence-corrected chi connectivity index (χ4v) is 4.09. The Balaban J connectivity index is 1.52. The van der Waals surface area contributed by atoms with Gasteiger partial charge < -0.3 is 46.0 Å². The molecule has 0 unspecified atom stereocenters. The molecule has 0 spiro atoms. The number of ketones is 1. The lowest BCUT2D eigenvalue weighted by Crippen LogP contribution is -2.44. The largest absolute Gasteiger partial charge is 0.507 e. The van der Waals surface area contributed by atoms with Crippen LogP contribution in [-0.2, 0) is 4.74 Å². The maximum absolute atomic E-state index is 13.0. The van der Waals surface area contributed by atoms with Gasteiger partial charge >= 0.3 is 11.9 Å². The van der Waals surface area contributed by atoms with Crippen LogP contribution in [0.4, 0.5) is 0 Å². The molecule has 3 aromatic carbocycles. The molecule has 0 aromatic heterocycles. The minimum absolute atomic E-state index is 0.0490. The van der Waals surface area contributed by atoms with Crippen molar-refractivity contribution in [2.24, 2.45) is 0 Å². The summed E-state index contributed by atoms with van der Waals surface area (Å²) in [6.07, 6.45) is -0.878. The lowest BCUT2D eigenvalue weighted by molar-refractivity contribution is 0.0282. The number of ether oxygens (including phenoxy) is 1. The Hall–Kier alpha value is -5.30. The molecule has 13 heteroatoms. The second-order valence-corrected chi connectivity index (χ2v) is 8.61. The molecule has 0 radical (unpaired) electrons. The molecule has 3 aromatic rings. The molecule has 0 bridgehead atoms. The Bertz CT molecular complexity index is 1480. The average Bonchev–Trinajstić information content (AvgIpc) is 3.30. The number of hydrogen-bond acceptors (Lipinski definition) is 11. The summed E-state index contributed by atoms with van der Waals surface area (Å²) in [5.74, 6) is -7.65. The number of nitrogens with one attached hydrogen (secondary N) is 2. The van der Waals surface area contributed by atoms with Gasteiger partial charge in [0.05, 0.1) is 22.7 Å². The number of carbonyl (C=O) groups excluding carboxylic acids is 3. The van der Waals surface area contributed by atoms with E-state index in [2.05, 4.69) is 10.6 Å². The van der Waals surface area contributed by atoms with Gasteiger partial charge in [0.1, 0.15) is 28.9 Å². The first kappa shape index (κ1) is 26.8. The van der Waals surface area contributed by atoms with Crippen molar-refractivity contribution in [2.75, 3.05) is 13.1 Å². The molecule has 202 valence electrons. The van der Waals surface area contributed by atoms with Gasteiger partial charge in [0.2, 0.25) is 5.78 Å². The normalized spacial score (nSPS) is 16.4. The standard InChI is InChI=1S/C26H22N2O11/c29-15-5-4-11(6-17(15)31)24(35)28-14-9-27-10-20(14)39-26(38)12-7-18(32)22(19(33)8-12)23(34)21-13(25(36)37)2-1-3-16(21)30/h1-8,14,20,27,29-33H,9-10H2,(H,28,35)(H,36,37)/t14-,20-/m0/s1. The van der Waals surface area contributed by atoms with E-state index in [0.29, 0.717) is 0 Å². The number of rotatable bonds is 7. The van der Waals surface area contributed by atoms with Crippen LogP contribution >= 0.6 is 0 Å². The van der Waals surface area contributed by atoms with Crippen LogP contribution in [0.1, 0.15) is 47.0 Å². The Kier molecular flexibility index (Phi) is 7.27. The molecule has 0 saturated carbocycles. The molecule has 0 aliphatic carbocycles. The van der Waals surface area contributed by atoms with E-state index in [-0.39, 0.29) is 24.2 Å². The van der Waals surface area contributed by atoms with Crippen molar-refractivity contribution in [1.29, 1.82) is 0 Å². The minimum atomic E-state index is -1.53. The lowest BCUT2D eigenvalue weighted by atomic mass is 9.95. The molecule has 1 heterocycles. The fraction of sp³-hybridized carbons (Fsp3) is 0.154. The Morgan fingerprint density at radius 2 is 1.44 bits per heavy atom. The lowest BCUT2D eigenvalue weighted by Gasteiger charge is -2.21. The van der Waals surface area contributed by atoms with E-state index >= 15 is 0 Å². The summed E-state index contributed by atoms with van der Waals surface area (Å²) in [6, 6.07) is 7.80. The minimum Gasteiger partial charge on any atom is -0.507 e. The molecular formula is C26H22N2O11. The number of phenols is 5. The molecule has 1 amide bonds. The molecule has 8 N–H and O–H groups in total. The number of aromatic carboxylic acids is 1. The van der Waals surface area contributed by atoms with Crippen molar-refractivity contribution in [3.05, 3.63) is 76.3 Å². The number of carboxylic acid groups (broad SMARTS) is 1. The predicted molar refractivity (Wildman–Crippen MR) is 131 cm³/mol. The maximum atomic E-state index is 13.0. The first-order valence-electron chi connectivity index (χ1n) is 11.4. The molecule has 13 nitrogen and oxygen atoms in total. The number of phenolic OH excluding ortho intramolecular Hbond substituents is 5. The van der Waals surface area contributed by atoms with Crippen molar-refractivity contribution in [3.8, 4) is 28.7 Å². The summed E-state index contributed by atoms with van der Waals surface area (Å²) in [5, 5.41) is 64.9. The van der Waals surface area contributed by atoms with E-state index in [1.807, 2.05) is 0 Å². The third kappa shape index (κ3) is 5.38. The predicted octanol–water partition coefficient (Wildman–Crippen LogP) is 1.07. The zero-order chi connectivity index (χ0) is 28.4. The summed E-state index contributed by atoms with van der Waals surface area (Å²) in [4.78, 5) is 49.8. The summed E-state index contributed by atoms with van der Waals surface area (Å²) in [5.41, 5.74) is -2.26. The van der Waals surface area contributed by atoms with Crippen LogP contribution in [0.3, 0.4) is 0 Å². The number of hydrogen-bond donors (Lipinski definition) is 8. The highest BCUT2D eigenvalue weighted by Gasteiger charge is 2.33. The molecule has 39 heavy (non-hydrogen) atoms. The molecule has 2 atom stereocenters. The Morgan fingerprint density at radius 3 is 2.08 bits per heavy atom. The van der Waals surface area contributed by atoms with Crippen molar-refractivity contribution in [1.82, 2.24) is 10.6 Å². The van der Waals surface area contributed by atoms with Crippen LogP contribution in [-0.4, -0.2) is 79.5 Å². The topological polar surface area (TPSA) is 223 Å². The molecular weight excluding hydrogens is 516 g/mol. The van der Waals surface area contributed by atoms with Gasteiger partial charge in [-0.15, -0.1) is 0 Å². The van der Waals surface area contributed by atoms with E-state index in [1.54, 1.807) is 0 Å². The summed E-state index contributed by atoms with van der Waals surface area (Å²) < 4.78 is 5.42. The second-order valence-electron chi connectivity index (χ2n) is 8.61. The highest BCUT2D eigenvalue weighted by atomic mass is 16.5. The first-order valence-corrected chi connectivity index (χ1v) is 11.4. The van der Waals surface area contributed by atoms with Gasteiger partial charge in [0.25, 0.3) is 5.91 Å². The average molecular weight is 538 g/mol. The third-order valence-electron chi connectivity index (χ3n) is 6.03. The van der Waals surface area contributed by atoms with E-state index < -0.39 is 81.2 Å². The van der Waals surface area contributed by atoms with Crippen LogP contribution < -0.4 is 10.6 Å². The van der Waals surface area contributed by atoms with Gasteiger partial charge in [-0.1, -0.05) is 6.07 Å². The first-order chi connectivity index (χ1) is 18.5. The van der Waals surface area contributed by atoms with Crippen LogP contribution in [0.5, 0.6) is 28.7 Å². The number of esters is 1. The van der Waals surface area contributed by atoms with Gasteiger partial charge in [-0.3, -0.25) is 9.59 Å². The molecule has 4 rings (SSSR count). The van der Waals surface area contributed by atoms with Crippen LogP contribution in [0.15, 0.2) is 48.5 Å². The van der Waals surface area contributed by atoms with Crippen molar-refractivity contribution < 1.29 is 54.6 Å². The van der Waals surface area contributed by atoms with Gasteiger partial charge in [-0.05, 0) is 42.5 Å². The van der Waals surface area contributed by atoms with Crippen molar-refractivity contribution in [3.63, 3.8) is 0 Å². The fourth-order valence-electron chi connectivity index (χ4n) is 4.09. The Morgan fingerprint density at radius 1 is 0.769 bits per heavy atom. The molecule has 1 saturated heterocycles. The Labute approximate surface area is 219 Å². The van der Waals surface area contributed by atoms with E-state index in [0.717, 1.165) is 36.4 Å². The van der Waals surface area contributed by atoms with Crippen LogP contribution in [0.25, 0.3) is 0 Å². The highest BCUT2D eigenvalue weighted by Crippen LogP contribution is 2.35. The number of carbonyl (C=O) groups is 4. The van der Waals surface area contributed by atoms with E-state index in [1.165, 1.54) is 12.1 Å². The molecule has 1 aliphatic heterocycles. The smallest absolute Gasteiger partial charge is 0.338 e. The zero-order valence-corrected chi connectivity index (χ0v) is 19.9. The molecule has 1 aliphatic rings. The van der Waals surface area contributed by atoms with Gasteiger partial charge in [-0.25, -0.2) is 9.59 Å². The van der Waals surface area contributed by atoms with E-state index in [9.17, 15) is 49.8 Å². The van der Waals surface area contributed by atoms with Crippen molar-refractivity contribution in [2.45, 2.75) is 12.1 Å². The zero-order valence-electron chi connectivity index (χ0n) is 19.9. The quantitative estimate of drug-likeness (QED) is 0.120. The summed E-state index contributed by atoms with van der Waals surface area (Å²) in [6.45, 7) is 0.376. The van der Waals surface area contributed by atoms with Gasteiger partial charge in [0.15, 0.2) is 11.5 Å². The van der Waals surface area contributed by atoms with Gasteiger partial charge in [-0.2, -0.15) is 0 Å². The van der Waals surface area contributed by atoms with Crippen LogP contribution in [0.2, 0.25) is 0 Å². The maximum Gasteiger partial charge on any atom is 0.338 e. The summed E-state index contributed by atoms with van der Waals surface area (Å²) >= 11 is 0. The SMILES string of the molecule is O=C(N[C@H]1CNC[C@@H]1OC(=O)c1cc(O)c(C(=O)c2c(O)cccc2C(=O)O)c(O)c1)c1ccc(O)c(O)c1. The number of benzene rings is 3. The van der Waals surface area contributed by atoms with E-state index in [4.69, 9.17) is 4.74 Å². The van der Waals surface area contributed by atoms with Crippen LogP contribution in [0, 0.1) is 0 Å². The molecule has 1 fully saturated rings. The van der Waals surface area contributed by atoms with Crippen molar-refractivity contribution >= 4 is 23.6 Å². The monoisotopic (exact) mass is 538 g/mol. The number of amides is 1. The third-order valence-corrected chi connectivity index (χ3v) is 6.03. The second kappa shape index (κ2) is 10.6. The summed E-state index contributed by atoms with van der Waals surface area (Å²) in [7, 11) is 0. The van der Waals surface area contributed by atoms with Gasteiger partial charge in [0, 0.05) is 18.7 Å².